The van der Waals surface area contributed by atoms with Crippen LogP contribution in [0.25, 0.3) is 0 Å². The maximum atomic E-state index is 12.5. The van der Waals surface area contributed by atoms with Gasteiger partial charge < -0.3 is 0 Å². The Morgan fingerprint density at radius 3 is 2.67 bits per heavy atom. The summed E-state index contributed by atoms with van der Waals surface area (Å²) >= 11 is 6.69. The molecule has 0 saturated heterocycles. The number of alkyl halides is 4. The summed E-state index contributed by atoms with van der Waals surface area (Å²) in [6, 6.07) is 3.80. The highest BCUT2D eigenvalue weighted by Crippen LogP contribution is 2.32. The average Bonchev–Trinajstić information content (AvgIpc) is 2.28. The highest BCUT2D eigenvalue weighted by molar-refractivity contribution is 7.99. The van der Waals surface area contributed by atoms with Crippen LogP contribution in [-0.2, 0) is 6.18 Å². The van der Waals surface area contributed by atoms with Crippen LogP contribution in [0.15, 0.2) is 17.2 Å². The second-order valence-corrected chi connectivity index (χ2v) is 5.37. The van der Waals surface area contributed by atoms with Crippen LogP contribution in [0.5, 0.6) is 0 Å². The monoisotopic (exact) mass is 294 g/mol. The summed E-state index contributed by atoms with van der Waals surface area (Å²) in [7, 11) is 0. The Morgan fingerprint density at radius 1 is 1.50 bits per heavy atom. The van der Waals surface area contributed by atoms with Gasteiger partial charge in [0.2, 0.25) is 0 Å². The second kappa shape index (κ2) is 6.30. The molecule has 7 heteroatoms. The largest absolute Gasteiger partial charge is 0.433 e. The number of hydrogen-bond donors (Lipinski definition) is 0. The lowest BCUT2D eigenvalue weighted by Gasteiger charge is -2.12. The molecular formula is C11H10ClF3N2S. The van der Waals surface area contributed by atoms with Crippen molar-refractivity contribution in [1.29, 1.82) is 5.26 Å². The van der Waals surface area contributed by atoms with E-state index < -0.39 is 11.9 Å². The van der Waals surface area contributed by atoms with Crippen molar-refractivity contribution in [3.05, 3.63) is 23.4 Å². The van der Waals surface area contributed by atoms with Crippen molar-refractivity contribution >= 4 is 23.4 Å². The average molecular weight is 295 g/mol. The van der Waals surface area contributed by atoms with Crippen LogP contribution in [0.2, 0.25) is 0 Å². The Morgan fingerprint density at radius 2 is 2.17 bits per heavy atom. The molecule has 1 aromatic heterocycles. The Bertz CT molecular complexity index is 457. The van der Waals surface area contributed by atoms with Gasteiger partial charge in [-0.15, -0.1) is 23.4 Å². The third-order valence-electron chi connectivity index (χ3n) is 2.10. The van der Waals surface area contributed by atoms with Gasteiger partial charge in [0.25, 0.3) is 0 Å². The van der Waals surface area contributed by atoms with Crippen molar-refractivity contribution in [2.45, 2.75) is 29.8 Å². The minimum absolute atomic E-state index is 0.00517. The van der Waals surface area contributed by atoms with E-state index in [1.54, 1.807) is 0 Å². The zero-order valence-electron chi connectivity index (χ0n) is 9.46. The van der Waals surface area contributed by atoms with Crippen LogP contribution < -0.4 is 0 Å². The van der Waals surface area contributed by atoms with Crippen LogP contribution in [0.1, 0.15) is 24.6 Å². The number of hydrogen-bond acceptors (Lipinski definition) is 3. The van der Waals surface area contributed by atoms with Crippen LogP contribution in [-0.4, -0.2) is 16.1 Å². The fourth-order valence-electron chi connectivity index (χ4n) is 1.18. The summed E-state index contributed by atoms with van der Waals surface area (Å²) < 4.78 is 37.5. The van der Waals surface area contributed by atoms with E-state index in [1.807, 2.05) is 13.0 Å². The summed E-state index contributed by atoms with van der Waals surface area (Å²) in [5, 5.41) is 8.95. The smallest absolute Gasteiger partial charge is 0.236 e. The van der Waals surface area contributed by atoms with Crippen LogP contribution in [0.3, 0.4) is 0 Å². The zero-order chi connectivity index (χ0) is 13.8. The minimum atomic E-state index is -4.50. The van der Waals surface area contributed by atoms with E-state index >= 15 is 0 Å². The molecule has 1 heterocycles. The van der Waals surface area contributed by atoms with E-state index in [0.717, 1.165) is 23.9 Å². The van der Waals surface area contributed by atoms with E-state index in [2.05, 4.69) is 4.98 Å². The molecule has 0 radical (unpaired) electrons. The predicted octanol–water partition coefficient (Wildman–Crippen LogP) is 4.08. The van der Waals surface area contributed by atoms with Crippen molar-refractivity contribution in [1.82, 2.24) is 4.98 Å². The summed E-state index contributed by atoms with van der Waals surface area (Å²) in [6.07, 6.45) is -3.87. The minimum Gasteiger partial charge on any atom is -0.236 e. The van der Waals surface area contributed by atoms with E-state index in [4.69, 9.17) is 16.9 Å². The molecule has 0 amide bonds. The summed E-state index contributed by atoms with van der Waals surface area (Å²) in [5.41, 5.74) is -0.837. The molecule has 2 nitrogen and oxygen atoms in total. The Hall–Kier alpha value is -0.930. The number of pyridine rings is 1. The van der Waals surface area contributed by atoms with Crippen molar-refractivity contribution in [3.63, 3.8) is 0 Å². The lowest BCUT2D eigenvalue weighted by atomic mass is 10.2. The van der Waals surface area contributed by atoms with Gasteiger partial charge in [0.1, 0.15) is 16.8 Å². The molecule has 0 N–H and O–H groups in total. The molecule has 0 saturated carbocycles. The van der Waals surface area contributed by atoms with Crippen molar-refractivity contribution in [2.24, 2.45) is 0 Å². The molecule has 1 atom stereocenters. The zero-order valence-corrected chi connectivity index (χ0v) is 11.0. The van der Waals surface area contributed by atoms with Gasteiger partial charge in [0.05, 0.1) is 5.56 Å². The molecule has 0 spiro atoms. The summed E-state index contributed by atoms with van der Waals surface area (Å²) in [4.78, 5) is 3.51. The van der Waals surface area contributed by atoms with Gasteiger partial charge in [-0.25, -0.2) is 4.98 Å². The van der Waals surface area contributed by atoms with Crippen LogP contribution >= 0.6 is 23.4 Å². The summed E-state index contributed by atoms with van der Waals surface area (Å²) in [6.45, 7) is 1.83. The fraction of sp³-hybridized carbons (Fsp3) is 0.455. The molecule has 0 aliphatic heterocycles. The van der Waals surface area contributed by atoms with Crippen molar-refractivity contribution < 1.29 is 13.2 Å². The molecule has 0 aromatic carbocycles. The first kappa shape index (κ1) is 15.1. The van der Waals surface area contributed by atoms with Gasteiger partial charge in [-0.3, -0.25) is 0 Å². The maximum absolute atomic E-state index is 12.5. The van der Waals surface area contributed by atoms with Crippen molar-refractivity contribution in [3.8, 4) is 6.07 Å². The highest BCUT2D eigenvalue weighted by Gasteiger charge is 2.33. The lowest BCUT2D eigenvalue weighted by molar-refractivity contribution is -0.141. The van der Waals surface area contributed by atoms with E-state index in [1.165, 1.54) is 0 Å². The second-order valence-electron chi connectivity index (χ2n) is 3.56. The first-order valence-corrected chi connectivity index (χ1v) is 6.51. The molecule has 0 fully saturated rings. The lowest BCUT2D eigenvalue weighted by Crippen LogP contribution is -2.09. The molecule has 1 aromatic rings. The molecule has 0 aliphatic rings. The number of aromatic nitrogens is 1. The molecule has 0 bridgehead atoms. The number of rotatable bonds is 4. The Kier molecular flexibility index (Phi) is 5.29. The third-order valence-corrected chi connectivity index (χ3v) is 3.49. The first-order valence-electron chi connectivity index (χ1n) is 5.09. The van der Waals surface area contributed by atoms with Gasteiger partial charge in [-0.05, 0) is 18.6 Å². The predicted molar refractivity (Wildman–Crippen MR) is 64.6 cm³/mol. The maximum Gasteiger partial charge on any atom is 0.433 e. The van der Waals surface area contributed by atoms with Crippen LogP contribution in [0, 0.1) is 11.3 Å². The van der Waals surface area contributed by atoms with Gasteiger partial charge in [-0.1, -0.05) is 6.92 Å². The number of nitrogens with zero attached hydrogens (tertiary/aromatic N) is 2. The van der Waals surface area contributed by atoms with Gasteiger partial charge >= 0.3 is 6.18 Å². The fourth-order valence-corrected chi connectivity index (χ4v) is 2.64. The number of halogens is 4. The van der Waals surface area contributed by atoms with E-state index in [0.29, 0.717) is 12.3 Å². The normalized spacial score (nSPS) is 13.1. The molecule has 18 heavy (non-hydrogen) atoms. The molecular weight excluding hydrogens is 285 g/mol. The Balaban J connectivity index is 3.04. The van der Waals surface area contributed by atoms with Crippen LogP contribution in [0.4, 0.5) is 13.2 Å². The topological polar surface area (TPSA) is 36.7 Å². The van der Waals surface area contributed by atoms with E-state index in [9.17, 15) is 13.2 Å². The van der Waals surface area contributed by atoms with Gasteiger partial charge in [0.15, 0.2) is 0 Å². The van der Waals surface area contributed by atoms with Gasteiger partial charge in [-0.2, -0.15) is 18.4 Å². The summed E-state index contributed by atoms with van der Waals surface area (Å²) in [5.74, 6) is 0.412. The number of thioether (sulfide) groups is 1. The first-order chi connectivity index (χ1) is 8.38. The van der Waals surface area contributed by atoms with Gasteiger partial charge in [0, 0.05) is 11.1 Å². The quantitative estimate of drug-likeness (QED) is 0.620. The highest BCUT2D eigenvalue weighted by atomic mass is 35.5. The van der Waals surface area contributed by atoms with Crippen molar-refractivity contribution in [2.75, 3.05) is 5.88 Å². The molecule has 0 aliphatic carbocycles. The third kappa shape index (κ3) is 4.07. The standard InChI is InChI=1S/C11H10ClF3N2S/c1-7(4-5-12)18-10-8(6-16)2-3-9(17-10)11(13,14)15/h2-3,7H,4-5H2,1H3. The van der Waals surface area contributed by atoms with E-state index in [-0.39, 0.29) is 15.8 Å². The molecule has 98 valence electrons. The molecule has 1 unspecified atom stereocenters. The number of nitriles is 1. The Labute approximate surface area is 112 Å². The SMILES string of the molecule is CC(CCCl)Sc1nc(C(F)(F)F)ccc1C#N. The molecule has 1 rings (SSSR count).